The first-order valence-electron chi connectivity index (χ1n) is 4.09. The molecule has 0 bridgehead atoms. The largest absolute Gasteiger partial charge is 0.327 e. The molecule has 0 spiro atoms. The first-order chi connectivity index (χ1) is 4.34. The second-order valence-corrected chi connectivity index (χ2v) is 4.60. The van der Waals surface area contributed by atoms with Crippen LogP contribution < -0.4 is 5.73 Å². The summed E-state index contributed by atoms with van der Waals surface area (Å²) in [4.78, 5) is 0. The Bertz CT molecular complexity index is 94.2. The topological polar surface area (TPSA) is 26.0 Å². The van der Waals surface area contributed by atoms with Crippen molar-refractivity contribution in [2.45, 2.75) is 47.1 Å². The summed E-state index contributed by atoms with van der Waals surface area (Å²) in [6.45, 7) is 11.0. The van der Waals surface area contributed by atoms with Crippen LogP contribution in [0.25, 0.3) is 0 Å². The molecule has 2 heteroatoms. The smallest absolute Gasteiger partial charge is 0.00900 e. The lowest BCUT2D eigenvalue weighted by molar-refractivity contribution is 0.281. The summed E-state index contributed by atoms with van der Waals surface area (Å²) in [5.74, 6) is 0.717. The maximum Gasteiger partial charge on any atom is 0.00900 e. The van der Waals surface area contributed by atoms with E-state index >= 15 is 0 Å². The molecule has 11 heavy (non-hydrogen) atoms. The molecule has 0 fully saturated rings. The van der Waals surface area contributed by atoms with Gasteiger partial charge in [-0.3, -0.25) is 0 Å². The highest BCUT2D eigenvalue weighted by Crippen LogP contribution is 2.22. The molecule has 1 atom stereocenters. The van der Waals surface area contributed by atoms with Crippen LogP contribution in [0.4, 0.5) is 0 Å². The third-order valence-electron chi connectivity index (χ3n) is 1.84. The predicted octanol–water partition coefficient (Wildman–Crippen LogP) is 2.83. The Balaban J connectivity index is 0. The van der Waals surface area contributed by atoms with Gasteiger partial charge in [0.25, 0.3) is 0 Å². The van der Waals surface area contributed by atoms with E-state index in [0.717, 1.165) is 6.42 Å². The lowest BCUT2D eigenvalue weighted by Crippen LogP contribution is -2.36. The van der Waals surface area contributed by atoms with Gasteiger partial charge >= 0.3 is 0 Å². The van der Waals surface area contributed by atoms with E-state index in [1.807, 2.05) is 0 Å². The van der Waals surface area contributed by atoms with Crippen LogP contribution in [0.3, 0.4) is 0 Å². The maximum atomic E-state index is 5.95. The molecule has 0 radical (unpaired) electrons. The fraction of sp³-hybridized carbons (Fsp3) is 1.00. The number of hydrogen-bond donors (Lipinski definition) is 1. The number of nitrogens with two attached hydrogens (primary N) is 1. The average molecular weight is 180 g/mol. The summed E-state index contributed by atoms with van der Waals surface area (Å²) in [6, 6.07) is 0.340. The van der Waals surface area contributed by atoms with Crippen molar-refractivity contribution >= 4 is 12.4 Å². The Labute approximate surface area is 77.2 Å². The van der Waals surface area contributed by atoms with Gasteiger partial charge in [0, 0.05) is 6.04 Å². The molecule has 0 heterocycles. The standard InChI is InChI=1S/C9H21N.ClH/c1-7(2)6-8(10)9(3,4)5;/h7-8H,6,10H2,1-5H3;1H. The summed E-state index contributed by atoms with van der Waals surface area (Å²) in [6.07, 6.45) is 1.13. The highest BCUT2D eigenvalue weighted by atomic mass is 35.5. The van der Waals surface area contributed by atoms with E-state index in [1.54, 1.807) is 0 Å². The second kappa shape index (κ2) is 5.00. The molecule has 1 unspecified atom stereocenters. The van der Waals surface area contributed by atoms with Gasteiger partial charge < -0.3 is 5.73 Å². The number of hydrogen-bond acceptors (Lipinski definition) is 1. The fourth-order valence-electron chi connectivity index (χ4n) is 0.861. The maximum absolute atomic E-state index is 5.95. The SMILES string of the molecule is CC(C)CC(N)C(C)(C)C.Cl. The van der Waals surface area contributed by atoms with Gasteiger partial charge in [-0.25, -0.2) is 0 Å². The lowest BCUT2D eigenvalue weighted by atomic mass is 9.83. The summed E-state index contributed by atoms with van der Waals surface area (Å²) in [7, 11) is 0. The molecule has 0 aliphatic heterocycles. The van der Waals surface area contributed by atoms with Gasteiger partial charge in [-0.1, -0.05) is 34.6 Å². The van der Waals surface area contributed by atoms with E-state index in [2.05, 4.69) is 34.6 Å². The van der Waals surface area contributed by atoms with Crippen molar-refractivity contribution in [1.82, 2.24) is 0 Å². The molecule has 0 saturated heterocycles. The summed E-state index contributed by atoms with van der Waals surface area (Å²) < 4.78 is 0. The van der Waals surface area contributed by atoms with E-state index in [-0.39, 0.29) is 17.8 Å². The van der Waals surface area contributed by atoms with Gasteiger partial charge in [0.05, 0.1) is 0 Å². The quantitative estimate of drug-likeness (QED) is 0.694. The minimum Gasteiger partial charge on any atom is -0.327 e. The molecule has 0 aromatic heterocycles. The van der Waals surface area contributed by atoms with E-state index in [4.69, 9.17) is 5.73 Å². The fourth-order valence-corrected chi connectivity index (χ4v) is 0.861. The second-order valence-electron chi connectivity index (χ2n) is 4.60. The van der Waals surface area contributed by atoms with Gasteiger partial charge in [-0.15, -0.1) is 12.4 Å². The van der Waals surface area contributed by atoms with Crippen LogP contribution in [0.2, 0.25) is 0 Å². The minimum absolute atomic E-state index is 0. The zero-order valence-electron chi connectivity index (χ0n) is 8.35. The van der Waals surface area contributed by atoms with Gasteiger partial charge in [-0.05, 0) is 17.8 Å². The van der Waals surface area contributed by atoms with Crippen molar-refractivity contribution in [3.63, 3.8) is 0 Å². The molecule has 0 amide bonds. The van der Waals surface area contributed by atoms with Crippen molar-refractivity contribution in [2.24, 2.45) is 17.1 Å². The first-order valence-corrected chi connectivity index (χ1v) is 4.09. The highest BCUT2D eigenvalue weighted by molar-refractivity contribution is 5.85. The van der Waals surface area contributed by atoms with Crippen LogP contribution >= 0.6 is 12.4 Å². The molecule has 0 saturated carbocycles. The Kier molecular flexibility index (Phi) is 6.27. The summed E-state index contributed by atoms with van der Waals surface area (Å²) in [5, 5.41) is 0. The van der Waals surface area contributed by atoms with Gasteiger partial charge in [0.15, 0.2) is 0 Å². The lowest BCUT2D eigenvalue weighted by Gasteiger charge is -2.28. The van der Waals surface area contributed by atoms with Crippen molar-refractivity contribution < 1.29 is 0 Å². The number of halogens is 1. The molecule has 0 rings (SSSR count). The summed E-state index contributed by atoms with van der Waals surface area (Å²) >= 11 is 0. The molecule has 0 aromatic rings. The first kappa shape index (κ1) is 13.8. The normalized spacial score (nSPS) is 14.5. The Morgan fingerprint density at radius 1 is 1.18 bits per heavy atom. The molecule has 2 N–H and O–H groups in total. The Morgan fingerprint density at radius 2 is 1.55 bits per heavy atom. The van der Waals surface area contributed by atoms with Crippen LogP contribution in [0.5, 0.6) is 0 Å². The monoisotopic (exact) mass is 179 g/mol. The Hall–Kier alpha value is 0.250. The molecule has 70 valence electrons. The molecular weight excluding hydrogens is 158 g/mol. The number of rotatable bonds is 2. The zero-order valence-corrected chi connectivity index (χ0v) is 9.16. The van der Waals surface area contributed by atoms with Gasteiger partial charge in [-0.2, -0.15) is 0 Å². The van der Waals surface area contributed by atoms with Crippen LogP contribution in [0.1, 0.15) is 41.0 Å². The van der Waals surface area contributed by atoms with Crippen LogP contribution in [-0.2, 0) is 0 Å². The van der Waals surface area contributed by atoms with Gasteiger partial charge in [0.2, 0.25) is 0 Å². The van der Waals surface area contributed by atoms with Crippen molar-refractivity contribution in [3.8, 4) is 0 Å². The van der Waals surface area contributed by atoms with Crippen LogP contribution in [-0.4, -0.2) is 6.04 Å². The van der Waals surface area contributed by atoms with Gasteiger partial charge in [0.1, 0.15) is 0 Å². The van der Waals surface area contributed by atoms with E-state index < -0.39 is 0 Å². The van der Waals surface area contributed by atoms with E-state index in [1.165, 1.54) is 0 Å². The van der Waals surface area contributed by atoms with Crippen LogP contribution in [0.15, 0.2) is 0 Å². The molecular formula is C9H22ClN. The van der Waals surface area contributed by atoms with E-state index in [0.29, 0.717) is 12.0 Å². The molecule has 0 aliphatic carbocycles. The van der Waals surface area contributed by atoms with Crippen LogP contribution in [0, 0.1) is 11.3 Å². The molecule has 0 aromatic carbocycles. The van der Waals surface area contributed by atoms with Crippen molar-refractivity contribution in [3.05, 3.63) is 0 Å². The van der Waals surface area contributed by atoms with E-state index in [9.17, 15) is 0 Å². The minimum atomic E-state index is 0. The van der Waals surface area contributed by atoms with Crippen molar-refractivity contribution in [1.29, 1.82) is 0 Å². The molecule has 1 nitrogen and oxygen atoms in total. The highest BCUT2D eigenvalue weighted by Gasteiger charge is 2.20. The zero-order chi connectivity index (χ0) is 8.36. The average Bonchev–Trinajstić information content (AvgIpc) is 1.60. The third-order valence-corrected chi connectivity index (χ3v) is 1.84. The van der Waals surface area contributed by atoms with Crippen molar-refractivity contribution in [2.75, 3.05) is 0 Å². The predicted molar refractivity (Wildman–Crippen MR) is 54.1 cm³/mol. The summed E-state index contributed by atoms with van der Waals surface area (Å²) in [5.41, 5.74) is 6.22. The Morgan fingerprint density at radius 3 is 1.64 bits per heavy atom. The molecule has 0 aliphatic rings. The third kappa shape index (κ3) is 6.64.